The van der Waals surface area contributed by atoms with E-state index in [-0.39, 0.29) is 18.3 Å². The van der Waals surface area contributed by atoms with Crippen molar-refractivity contribution >= 4 is 22.8 Å². The first-order valence-electron chi connectivity index (χ1n) is 8.66. The summed E-state index contributed by atoms with van der Waals surface area (Å²) in [7, 11) is 0. The number of unbranched alkanes of at least 4 members (excludes halogenated alkanes) is 2. The summed E-state index contributed by atoms with van der Waals surface area (Å²) in [5.41, 5.74) is 1.25. The second kappa shape index (κ2) is 9.11. The van der Waals surface area contributed by atoms with Gasteiger partial charge in [-0.05, 0) is 38.5 Å². The molecule has 0 aliphatic carbocycles. The zero-order chi connectivity index (χ0) is 18.2. The number of aryl methyl sites for hydroxylation is 1. The molecule has 0 unspecified atom stereocenters. The van der Waals surface area contributed by atoms with E-state index in [4.69, 9.17) is 13.9 Å². The standard InChI is InChI=1S/C19H25NO5/c1-4-6-7-10-20-17(21)12-24-19(22)18-13(3)15-11-14(23-5-2)8-9-16(15)25-18/h8-9,11H,4-7,10,12H2,1-3H3,(H,20,21). The lowest BCUT2D eigenvalue weighted by atomic mass is 10.1. The maximum Gasteiger partial charge on any atom is 0.375 e. The predicted molar refractivity (Wildman–Crippen MR) is 94.9 cm³/mol. The molecule has 6 nitrogen and oxygen atoms in total. The normalized spacial score (nSPS) is 10.7. The quantitative estimate of drug-likeness (QED) is 0.554. The fourth-order valence-electron chi connectivity index (χ4n) is 2.50. The number of rotatable bonds is 9. The van der Waals surface area contributed by atoms with E-state index in [0.29, 0.717) is 30.0 Å². The lowest BCUT2D eigenvalue weighted by Crippen LogP contribution is -2.29. The molecule has 2 rings (SSSR count). The van der Waals surface area contributed by atoms with Crippen LogP contribution in [0.4, 0.5) is 0 Å². The van der Waals surface area contributed by atoms with Crippen molar-refractivity contribution in [2.45, 2.75) is 40.0 Å². The molecule has 1 heterocycles. The van der Waals surface area contributed by atoms with E-state index in [1.54, 1.807) is 19.1 Å². The van der Waals surface area contributed by atoms with Crippen LogP contribution in [0.3, 0.4) is 0 Å². The smallest absolute Gasteiger partial charge is 0.375 e. The molecule has 136 valence electrons. The van der Waals surface area contributed by atoms with Gasteiger partial charge in [0.2, 0.25) is 5.76 Å². The van der Waals surface area contributed by atoms with Crippen LogP contribution in [0.15, 0.2) is 22.6 Å². The van der Waals surface area contributed by atoms with Crippen LogP contribution >= 0.6 is 0 Å². The molecule has 1 aromatic carbocycles. The van der Waals surface area contributed by atoms with Crippen molar-refractivity contribution in [2.75, 3.05) is 19.8 Å². The van der Waals surface area contributed by atoms with Crippen LogP contribution in [-0.4, -0.2) is 31.6 Å². The molecule has 0 radical (unpaired) electrons. The minimum Gasteiger partial charge on any atom is -0.494 e. The van der Waals surface area contributed by atoms with Gasteiger partial charge in [0.25, 0.3) is 5.91 Å². The van der Waals surface area contributed by atoms with Gasteiger partial charge in [-0.3, -0.25) is 4.79 Å². The average molecular weight is 347 g/mol. The Morgan fingerprint density at radius 3 is 2.72 bits per heavy atom. The van der Waals surface area contributed by atoms with Crippen molar-refractivity contribution in [1.29, 1.82) is 0 Å². The van der Waals surface area contributed by atoms with Crippen LogP contribution in [0, 0.1) is 6.92 Å². The summed E-state index contributed by atoms with van der Waals surface area (Å²) in [5, 5.41) is 3.52. The van der Waals surface area contributed by atoms with E-state index in [1.807, 2.05) is 13.0 Å². The summed E-state index contributed by atoms with van der Waals surface area (Å²) in [4.78, 5) is 23.9. The van der Waals surface area contributed by atoms with Crippen LogP contribution in [0.5, 0.6) is 5.75 Å². The Bertz CT molecular complexity index is 735. The maximum absolute atomic E-state index is 12.2. The Kier molecular flexibility index (Phi) is 6.86. The molecule has 25 heavy (non-hydrogen) atoms. The number of nitrogens with one attached hydrogen (secondary N) is 1. The molecular formula is C19H25NO5. The number of hydrogen-bond donors (Lipinski definition) is 1. The van der Waals surface area contributed by atoms with Gasteiger partial charge in [-0.1, -0.05) is 19.8 Å². The summed E-state index contributed by atoms with van der Waals surface area (Å²) in [5.74, 6) is -0.125. The highest BCUT2D eigenvalue weighted by atomic mass is 16.5. The van der Waals surface area contributed by atoms with E-state index in [2.05, 4.69) is 12.2 Å². The molecule has 6 heteroatoms. The predicted octanol–water partition coefficient (Wildman–Crippen LogP) is 3.60. The molecule has 0 saturated heterocycles. The fourth-order valence-corrected chi connectivity index (χ4v) is 2.50. The Labute approximate surface area is 147 Å². The van der Waals surface area contributed by atoms with Crippen LogP contribution in [-0.2, 0) is 9.53 Å². The molecule has 0 aliphatic heterocycles. The maximum atomic E-state index is 12.2. The van der Waals surface area contributed by atoms with E-state index < -0.39 is 5.97 Å². The average Bonchev–Trinajstić information content (AvgIpc) is 2.93. The second-order valence-corrected chi connectivity index (χ2v) is 5.78. The molecule has 2 aromatic rings. The number of ether oxygens (including phenoxy) is 2. The molecule has 0 spiro atoms. The van der Waals surface area contributed by atoms with Gasteiger partial charge in [0.15, 0.2) is 6.61 Å². The summed E-state index contributed by atoms with van der Waals surface area (Å²) >= 11 is 0. The van der Waals surface area contributed by atoms with Crippen molar-refractivity contribution in [3.8, 4) is 5.75 Å². The molecule has 0 saturated carbocycles. The Morgan fingerprint density at radius 1 is 1.20 bits per heavy atom. The first-order chi connectivity index (χ1) is 12.1. The molecule has 0 fully saturated rings. The number of benzene rings is 1. The molecule has 1 N–H and O–H groups in total. The van der Waals surface area contributed by atoms with Crippen LogP contribution in [0.2, 0.25) is 0 Å². The molecule has 1 aromatic heterocycles. The largest absolute Gasteiger partial charge is 0.494 e. The Morgan fingerprint density at radius 2 is 2.00 bits per heavy atom. The number of amides is 1. The minimum absolute atomic E-state index is 0.113. The van der Waals surface area contributed by atoms with Crippen molar-refractivity contribution in [1.82, 2.24) is 5.32 Å². The van der Waals surface area contributed by atoms with Crippen molar-refractivity contribution < 1.29 is 23.5 Å². The summed E-state index contributed by atoms with van der Waals surface area (Å²) in [6, 6.07) is 5.37. The van der Waals surface area contributed by atoms with Crippen molar-refractivity contribution in [3.63, 3.8) is 0 Å². The van der Waals surface area contributed by atoms with Gasteiger partial charge in [0, 0.05) is 17.5 Å². The Balaban J connectivity index is 1.97. The van der Waals surface area contributed by atoms with Crippen LogP contribution in [0.1, 0.15) is 49.2 Å². The first-order valence-corrected chi connectivity index (χ1v) is 8.66. The van der Waals surface area contributed by atoms with Crippen LogP contribution in [0.25, 0.3) is 11.0 Å². The monoisotopic (exact) mass is 347 g/mol. The third kappa shape index (κ3) is 4.98. The van der Waals surface area contributed by atoms with Gasteiger partial charge in [-0.25, -0.2) is 4.79 Å². The van der Waals surface area contributed by atoms with E-state index in [1.165, 1.54) is 0 Å². The molecule has 0 atom stereocenters. The SMILES string of the molecule is CCCCCNC(=O)COC(=O)c1oc2ccc(OCC)cc2c1C. The lowest BCUT2D eigenvalue weighted by molar-refractivity contribution is -0.124. The number of fused-ring (bicyclic) bond motifs is 1. The highest BCUT2D eigenvalue weighted by Crippen LogP contribution is 2.29. The van der Waals surface area contributed by atoms with Gasteiger partial charge < -0.3 is 19.2 Å². The number of furan rings is 1. The number of carbonyl (C=O) groups excluding carboxylic acids is 2. The van der Waals surface area contributed by atoms with Gasteiger partial charge >= 0.3 is 5.97 Å². The fraction of sp³-hybridized carbons (Fsp3) is 0.474. The van der Waals surface area contributed by atoms with Crippen molar-refractivity contribution in [3.05, 3.63) is 29.5 Å². The van der Waals surface area contributed by atoms with Gasteiger partial charge in [-0.15, -0.1) is 0 Å². The van der Waals surface area contributed by atoms with E-state index >= 15 is 0 Å². The summed E-state index contributed by atoms with van der Waals surface area (Å²) in [6.45, 7) is 6.62. The third-order valence-electron chi connectivity index (χ3n) is 3.84. The topological polar surface area (TPSA) is 77.8 Å². The van der Waals surface area contributed by atoms with E-state index in [0.717, 1.165) is 24.6 Å². The zero-order valence-electron chi connectivity index (χ0n) is 15.0. The highest BCUT2D eigenvalue weighted by Gasteiger charge is 2.20. The highest BCUT2D eigenvalue weighted by molar-refractivity contribution is 5.97. The number of hydrogen-bond acceptors (Lipinski definition) is 5. The Hall–Kier alpha value is -2.50. The van der Waals surface area contributed by atoms with Gasteiger partial charge in [-0.2, -0.15) is 0 Å². The third-order valence-corrected chi connectivity index (χ3v) is 3.84. The molecule has 0 aliphatic rings. The van der Waals surface area contributed by atoms with Gasteiger partial charge in [0.1, 0.15) is 11.3 Å². The molecule has 1 amide bonds. The summed E-state index contributed by atoms with van der Waals surface area (Å²) in [6.07, 6.45) is 3.06. The minimum atomic E-state index is -0.643. The van der Waals surface area contributed by atoms with Gasteiger partial charge in [0.05, 0.1) is 6.61 Å². The van der Waals surface area contributed by atoms with Crippen molar-refractivity contribution in [2.24, 2.45) is 0 Å². The molecule has 0 bridgehead atoms. The second-order valence-electron chi connectivity index (χ2n) is 5.78. The first kappa shape index (κ1) is 18.8. The zero-order valence-corrected chi connectivity index (χ0v) is 15.0. The lowest BCUT2D eigenvalue weighted by Gasteiger charge is -2.05. The number of carbonyl (C=O) groups is 2. The molecular weight excluding hydrogens is 322 g/mol. The van der Waals surface area contributed by atoms with Crippen LogP contribution < -0.4 is 10.1 Å². The number of esters is 1. The summed E-state index contributed by atoms with van der Waals surface area (Å²) < 4.78 is 16.1. The van der Waals surface area contributed by atoms with E-state index in [9.17, 15) is 9.59 Å².